The minimum Gasteiger partial charge on any atom is -0.355 e. The molecule has 0 aliphatic carbocycles. The molecule has 1 aliphatic heterocycles. The van der Waals surface area contributed by atoms with Gasteiger partial charge in [0.05, 0.1) is 0 Å². The smallest absolute Gasteiger partial charge is 0.0428 e. The van der Waals surface area contributed by atoms with Gasteiger partial charge in [-0.05, 0) is 160 Å². The van der Waals surface area contributed by atoms with Crippen LogP contribution in [-0.4, -0.2) is 4.98 Å². The van der Waals surface area contributed by atoms with Crippen LogP contribution in [0.4, 0.5) is 0 Å². The SMILES string of the molecule is C=C1/C=c2\[nH]/c(c(C)c2C(C)C)=C\C(=C)C(C)C(CCCC)/C(C)=C(/C(=C)C)C(=C)/C(C)=C\C/C(C)=C(C)/C=C(\C)C(CC)=C1C. The first-order valence-corrected chi connectivity index (χ1v) is 17.6. The summed E-state index contributed by atoms with van der Waals surface area (Å²) in [4.78, 5) is 3.80. The van der Waals surface area contributed by atoms with Crippen molar-refractivity contribution in [2.75, 3.05) is 0 Å². The molecule has 0 saturated heterocycles. The Balaban J connectivity index is 3.05. The van der Waals surface area contributed by atoms with Crippen molar-refractivity contribution in [3.8, 4) is 0 Å². The number of hydrogen-bond acceptors (Lipinski definition) is 0. The lowest BCUT2D eigenvalue weighted by Gasteiger charge is -2.29. The van der Waals surface area contributed by atoms with E-state index in [1.54, 1.807) is 0 Å². The molecule has 2 unspecified atom stereocenters. The van der Waals surface area contributed by atoms with Gasteiger partial charge in [-0.15, -0.1) is 0 Å². The van der Waals surface area contributed by atoms with Crippen molar-refractivity contribution < 1.29 is 0 Å². The predicted molar refractivity (Wildman–Crippen MR) is 208 cm³/mol. The van der Waals surface area contributed by atoms with Gasteiger partial charge in [0.25, 0.3) is 0 Å². The second-order valence-corrected chi connectivity index (χ2v) is 14.2. The third-order valence-corrected chi connectivity index (χ3v) is 10.4. The minimum atomic E-state index is 0.263. The highest BCUT2D eigenvalue weighted by molar-refractivity contribution is 5.61. The van der Waals surface area contributed by atoms with E-state index in [-0.39, 0.29) is 5.92 Å². The zero-order valence-electron chi connectivity index (χ0n) is 31.9. The molecule has 2 heterocycles. The highest BCUT2D eigenvalue weighted by atomic mass is 14.7. The Bertz CT molecular complexity index is 1640. The average molecular weight is 620 g/mol. The molecule has 1 heteroatoms. The van der Waals surface area contributed by atoms with E-state index in [9.17, 15) is 0 Å². The first-order valence-electron chi connectivity index (χ1n) is 17.6. The Morgan fingerprint density at radius 1 is 0.913 bits per heavy atom. The first-order chi connectivity index (χ1) is 21.5. The topological polar surface area (TPSA) is 15.8 Å². The van der Waals surface area contributed by atoms with Crippen LogP contribution in [-0.2, 0) is 0 Å². The molecule has 0 fully saturated rings. The van der Waals surface area contributed by atoms with Crippen LogP contribution in [0.1, 0.15) is 132 Å². The van der Waals surface area contributed by atoms with Crippen LogP contribution in [0.5, 0.6) is 0 Å². The van der Waals surface area contributed by atoms with Gasteiger partial charge in [-0.1, -0.05) is 108 Å². The Hall–Kier alpha value is -3.32. The second-order valence-electron chi connectivity index (χ2n) is 14.2. The van der Waals surface area contributed by atoms with E-state index in [4.69, 9.17) is 0 Å². The van der Waals surface area contributed by atoms with E-state index in [0.717, 1.165) is 58.7 Å². The van der Waals surface area contributed by atoms with Crippen LogP contribution >= 0.6 is 0 Å². The molecule has 2 atom stereocenters. The molecule has 1 aromatic heterocycles. The third kappa shape index (κ3) is 9.15. The fourth-order valence-corrected chi connectivity index (χ4v) is 7.15. The van der Waals surface area contributed by atoms with Crippen molar-refractivity contribution in [2.24, 2.45) is 11.8 Å². The lowest BCUT2D eigenvalue weighted by Crippen LogP contribution is -2.19. The Morgan fingerprint density at radius 2 is 1.54 bits per heavy atom. The average Bonchev–Trinajstić information content (AvgIpc) is 3.28. The molecule has 1 aromatic rings. The summed E-state index contributed by atoms with van der Waals surface area (Å²) in [6.07, 6.45) is 14.6. The molecule has 2 bridgehead atoms. The molecule has 0 aromatic carbocycles. The summed E-state index contributed by atoms with van der Waals surface area (Å²) in [5, 5.41) is 2.30. The molecule has 46 heavy (non-hydrogen) atoms. The van der Waals surface area contributed by atoms with Crippen molar-refractivity contribution in [2.45, 2.75) is 128 Å². The van der Waals surface area contributed by atoms with Crippen molar-refractivity contribution in [1.82, 2.24) is 4.98 Å². The molecule has 1 nitrogen and oxygen atoms in total. The number of allylic oxidation sites excluding steroid dienone is 14. The summed E-state index contributed by atoms with van der Waals surface area (Å²) >= 11 is 0. The van der Waals surface area contributed by atoms with Gasteiger partial charge in [-0.2, -0.15) is 0 Å². The lowest BCUT2D eigenvalue weighted by atomic mass is 9.76. The number of unbranched alkanes of at least 4 members (excludes halogenated alkanes) is 1. The first kappa shape index (κ1) is 38.9. The molecule has 0 saturated carbocycles. The van der Waals surface area contributed by atoms with Gasteiger partial charge < -0.3 is 4.98 Å². The molecule has 0 amide bonds. The summed E-state index contributed by atoms with van der Waals surface area (Å²) in [6.45, 7) is 47.6. The van der Waals surface area contributed by atoms with Gasteiger partial charge in [-0.25, -0.2) is 0 Å². The Morgan fingerprint density at radius 3 is 2.09 bits per heavy atom. The van der Waals surface area contributed by atoms with Crippen molar-refractivity contribution in [1.29, 1.82) is 0 Å². The van der Waals surface area contributed by atoms with Gasteiger partial charge in [0, 0.05) is 10.7 Å². The number of H-pyrrole nitrogens is 1. The Kier molecular flexibility index (Phi) is 14.4. The number of fused-ring (bicyclic) bond motifs is 2. The highest BCUT2D eigenvalue weighted by Crippen LogP contribution is 2.38. The number of aromatic nitrogens is 1. The maximum Gasteiger partial charge on any atom is 0.0428 e. The molecule has 250 valence electrons. The Labute approximate surface area is 283 Å². The zero-order valence-corrected chi connectivity index (χ0v) is 31.9. The normalized spacial score (nSPS) is 26.9. The summed E-state index contributed by atoms with van der Waals surface area (Å²) in [7, 11) is 0. The van der Waals surface area contributed by atoms with Gasteiger partial charge in [-0.3, -0.25) is 0 Å². The van der Waals surface area contributed by atoms with E-state index in [2.05, 4.69) is 146 Å². The number of rotatable bonds is 6. The quantitative estimate of drug-likeness (QED) is 0.326. The fraction of sp³-hybridized carbons (Fsp3) is 0.467. The molecule has 1 N–H and O–H groups in total. The maximum atomic E-state index is 4.68. The molecule has 2 rings (SSSR count). The van der Waals surface area contributed by atoms with E-state index in [0.29, 0.717) is 11.8 Å². The summed E-state index contributed by atoms with van der Waals surface area (Å²) in [6, 6.07) is 0. The molecular formula is C45H65N. The van der Waals surface area contributed by atoms with Crippen molar-refractivity contribution in [3.05, 3.63) is 127 Å². The second kappa shape index (κ2) is 17.0. The zero-order chi connectivity index (χ0) is 35.0. The van der Waals surface area contributed by atoms with Crippen molar-refractivity contribution in [3.63, 3.8) is 0 Å². The largest absolute Gasteiger partial charge is 0.355 e. The fourth-order valence-electron chi connectivity index (χ4n) is 7.15. The molecule has 1 aliphatic rings. The summed E-state index contributed by atoms with van der Waals surface area (Å²) < 4.78 is 0. The van der Waals surface area contributed by atoms with Crippen LogP contribution in [0, 0.1) is 18.8 Å². The lowest BCUT2D eigenvalue weighted by molar-refractivity contribution is 0.426. The van der Waals surface area contributed by atoms with E-state index < -0.39 is 0 Å². The number of hydrogen-bond donors (Lipinski definition) is 1. The van der Waals surface area contributed by atoms with Crippen LogP contribution in [0.15, 0.2) is 105 Å². The molecular weight excluding hydrogens is 555 g/mol. The van der Waals surface area contributed by atoms with Gasteiger partial charge in [0.1, 0.15) is 0 Å². The van der Waals surface area contributed by atoms with Gasteiger partial charge in [0.2, 0.25) is 0 Å². The van der Waals surface area contributed by atoms with Gasteiger partial charge in [0.15, 0.2) is 0 Å². The minimum absolute atomic E-state index is 0.263. The number of nitrogens with one attached hydrogen (secondary N) is 1. The maximum absolute atomic E-state index is 4.68. The van der Waals surface area contributed by atoms with E-state index in [1.165, 1.54) is 62.1 Å². The van der Waals surface area contributed by atoms with Crippen LogP contribution in [0.3, 0.4) is 0 Å². The summed E-state index contributed by atoms with van der Waals surface area (Å²) in [5.41, 5.74) is 17.4. The highest BCUT2D eigenvalue weighted by Gasteiger charge is 2.24. The van der Waals surface area contributed by atoms with E-state index in [1.807, 2.05) is 0 Å². The predicted octanol–water partition coefficient (Wildman–Crippen LogP) is 12.4. The summed E-state index contributed by atoms with van der Waals surface area (Å²) in [5.74, 6) is 0.986. The van der Waals surface area contributed by atoms with Crippen LogP contribution < -0.4 is 10.7 Å². The molecule has 0 radical (unpaired) electrons. The monoisotopic (exact) mass is 620 g/mol. The molecule has 0 spiro atoms. The van der Waals surface area contributed by atoms with Crippen molar-refractivity contribution >= 4 is 12.2 Å². The van der Waals surface area contributed by atoms with Crippen LogP contribution in [0.25, 0.3) is 12.2 Å². The number of aromatic amines is 1. The van der Waals surface area contributed by atoms with E-state index >= 15 is 0 Å². The van der Waals surface area contributed by atoms with Crippen LogP contribution in [0.2, 0.25) is 0 Å². The third-order valence-electron chi connectivity index (χ3n) is 10.4. The van der Waals surface area contributed by atoms with Gasteiger partial charge >= 0.3 is 0 Å². The standard InChI is InChI=1S/C45H65N/c1-18-20-21-41-36(14)32(10)25-42-39(17)45(28(5)6)43(46-42)26-33(11)35(13)40(19-2)34(12)24-31(9)29(7)22-23-30(8)37(15)44(27(3)4)38(41)16/h23-26,28,36,41,46H,3,10-11,15,18-22H2,1-2,4-9,12-14,16-17H3/b30-23-,31-29+,34-24+,40-35?,42-25-,43-26-,44-38-.